The Morgan fingerprint density at radius 3 is 2.43 bits per heavy atom. The van der Waals surface area contributed by atoms with Crippen LogP contribution < -0.4 is 19.7 Å². The minimum absolute atomic E-state index is 0.160. The van der Waals surface area contributed by atoms with Crippen molar-refractivity contribution in [1.29, 1.82) is 0 Å². The summed E-state index contributed by atoms with van der Waals surface area (Å²) < 4.78 is 11.3. The maximum atomic E-state index is 13.2. The summed E-state index contributed by atoms with van der Waals surface area (Å²) in [6.07, 6.45) is 2.05. The highest BCUT2D eigenvalue weighted by atomic mass is 35.5. The first-order chi connectivity index (χ1) is 16.9. The fourth-order valence-corrected chi connectivity index (χ4v) is 3.83. The van der Waals surface area contributed by atoms with E-state index < -0.39 is 17.8 Å². The number of anilines is 1. The molecule has 1 heterocycles. The van der Waals surface area contributed by atoms with E-state index in [1.54, 1.807) is 42.5 Å². The van der Waals surface area contributed by atoms with Gasteiger partial charge in [-0.3, -0.25) is 14.9 Å². The molecule has 1 fully saturated rings. The Morgan fingerprint density at radius 1 is 0.971 bits per heavy atom. The van der Waals surface area contributed by atoms with Gasteiger partial charge >= 0.3 is 6.03 Å². The van der Waals surface area contributed by atoms with Crippen LogP contribution in [-0.4, -0.2) is 25.0 Å². The van der Waals surface area contributed by atoms with Gasteiger partial charge in [0.05, 0.1) is 12.8 Å². The van der Waals surface area contributed by atoms with E-state index in [1.807, 2.05) is 31.2 Å². The lowest BCUT2D eigenvalue weighted by Gasteiger charge is -2.28. The Labute approximate surface area is 207 Å². The number of ether oxygens (including phenoxy) is 2. The molecular weight excluding hydrogens is 468 g/mol. The molecular formula is C27H23ClN2O5. The Bertz CT molecular complexity index is 1320. The van der Waals surface area contributed by atoms with Gasteiger partial charge in [-0.05, 0) is 59.5 Å². The van der Waals surface area contributed by atoms with E-state index in [4.69, 9.17) is 21.1 Å². The van der Waals surface area contributed by atoms with Gasteiger partial charge in [0.1, 0.15) is 12.2 Å². The number of hydrogen-bond donors (Lipinski definition) is 1. The Hall–Kier alpha value is -4.10. The summed E-state index contributed by atoms with van der Waals surface area (Å²) in [5.74, 6) is -0.520. The minimum atomic E-state index is -0.776. The lowest BCUT2D eigenvalue weighted by Crippen LogP contribution is -2.54. The van der Waals surface area contributed by atoms with Crippen molar-refractivity contribution in [2.24, 2.45) is 0 Å². The second-order valence-corrected chi connectivity index (χ2v) is 8.20. The molecule has 1 N–H and O–H groups in total. The zero-order chi connectivity index (χ0) is 24.9. The van der Waals surface area contributed by atoms with Crippen molar-refractivity contribution in [2.45, 2.75) is 20.0 Å². The molecule has 0 aliphatic carbocycles. The van der Waals surface area contributed by atoms with Crippen molar-refractivity contribution in [3.63, 3.8) is 0 Å². The number of carbonyl (C=O) groups is 3. The largest absolute Gasteiger partial charge is 0.493 e. The fraction of sp³-hybridized carbons (Fsp3) is 0.148. The molecule has 1 aliphatic heterocycles. The van der Waals surface area contributed by atoms with Crippen molar-refractivity contribution in [3.05, 3.63) is 94.0 Å². The molecule has 35 heavy (non-hydrogen) atoms. The second-order valence-electron chi connectivity index (χ2n) is 7.77. The number of amides is 4. The highest BCUT2D eigenvalue weighted by molar-refractivity contribution is 6.39. The van der Waals surface area contributed by atoms with Gasteiger partial charge in [0.25, 0.3) is 11.8 Å². The second kappa shape index (κ2) is 10.4. The van der Waals surface area contributed by atoms with Crippen LogP contribution in [0.1, 0.15) is 23.6 Å². The van der Waals surface area contributed by atoms with Crippen LogP contribution in [0, 0.1) is 0 Å². The predicted molar refractivity (Wildman–Crippen MR) is 134 cm³/mol. The smallest absolute Gasteiger partial charge is 0.335 e. The number of carbonyl (C=O) groups excluding carboxylic acids is 3. The Kier molecular flexibility index (Phi) is 7.17. The maximum Gasteiger partial charge on any atom is 0.335 e. The first-order valence-corrected chi connectivity index (χ1v) is 11.3. The molecule has 4 amide bonds. The quantitative estimate of drug-likeness (QED) is 0.365. The third kappa shape index (κ3) is 5.20. The molecule has 1 saturated heterocycles. The maximum absolute atomic E-state index is 13.2. The van der Waals surface area contributed by atoms with Gasteiger partial charge < -0.3 is 9.47 Å². The van der Waals surface area contributed by atoms with E-state index >= 15 is 0 Å². The van der Waals surface area contributed by atoms with E-state index in [2.05, 4.69) is 5.32 Å². The normalized spacial score (nSPS) is 14.8. The Balaban J connectivity index is 1.60. The molecule has 7 nitrogen and oxygen atoms in total. The number of benzene rings is 3. The van der Waals surface area contributed by atoms with Gasteiger partial charge in [0.2, 0.25) is 0 Å². The molecule has 0 aromatic heterocycles. The first kappa shape index (κ1) is 24.0. The van der Waals surface area contributed by atoms with Crippen LogP contribution in [0.15, 0.2) is 72.3 Å². The standard InChI is InChI=1S/C27H23ClN2O5/c1-3-19-6-4-5-7-22(19)30-26(32)21(25(31)29-27(30)33)14-18-10-13-23(24(15-18)34-2)35-16-17-8-11-20(28)12-9-17/h4-15H,3,16H2,1-2H3,(H,29,31,33)/b21-14-. The van der Waals surface area contributed by atoms with Gasteiger partial charge in [0.15, 0.2) is 11.5 Å². The van der Waals surface area contributed by atoms with Gasteiger partial charge in [-0.2, -0.15) is 0 Å². The predicted octanol–water partition coefficient (Wildman–Crippen LogP) is 5.16. The lowest BCUT2D eigenvalue weighted by molar-refractivity contribution is -0.122. The summed E-state index contributed by atoms with van der Waals surface area (Å²) in [4.78, 5) is 39.3. The number of para-hydroxylation sites is 1. The average Bonchev–Trinajstić information content (AvgIpc) is 2.86. The van der Waals surface area contributed by atoms with Crippen molar-refractivity contribution >= 4 is 41.2 Å². The number of nitrogens with zero attached hydrogens (tertiary/aromatic N) is 1. The van der Waals surface area contributed by atoms with Gasteiger partial charge in [0, 0.05) is 5.02 Å². The molecule has 3 aromatic carbocycles. The molecule has 3 aromatic rings. The highest BCUT2D eigenvalue weighted by Crippen LogP contribution is 2.31. The van der Waals surface area contributed by atoms with Crippen LogP contribution in [-0.2, 0) is 22.6 Å². The zero-order valence-corrected chi connectivity index (χ0v) is 20.0. The zero-order valence-electron chi connectivity index (χ0n) is 19.2. The van der Waals surface area contributed by atoms with Crippen molar-refractivity contribution in [3.8, 4) is 11.5 Å². The summed E-state index contributed by atoms with van der Waals surface area (Å²) >= 11 is 5.92. The minimum Gasteiger partial charge on any atom is -0.493 e. The van der Waals surface area contributed by atoms with Crippen molar-refractivity contribution in [2.75, 3.05) is 12.0 Å². The number of methoxy groups -OCH3 is 1. The number of barbiturate groups is 1. The van der Waals surface area contributed by atoms with Crippen LogP contribution in [0.25, 0.3) is 6.08 Å². The summed E-state index contributed by atoms with van der Waals surface area (Å²) in [6.45, 7) is 2.23. The molecule has 0 spiro atoms. The van der Waals surface area contributed by atoms with Gasteiger partial charge in [-0.1, -0.05) is 54.9 Å². The summed E-state index contributed by atoms with van der Waals surface area (Å²) in [5, 5.41) is 2.90. The number of aryl methyl sites for hydroxylation is 1. The van der Waals surface area contributed by atoms with Crippen LogP contribution >= 0.6 is 11.6 Å². The number of halogens is 1. The third-order valence-electron chi connectivity index (χ3n) is 5.52. The van der Waals surface area contributed by atoms with Crippen LogP contribution in [0.2, 0.25) is 5.02 Å². The Morgan fingerprint density at radius 2 is 1.71 bits per heavy atom. The molecule has 178 valence electrons. The van der Waals surface area contributed by atoms with Gasteiger partial charge in [-0.15, -0.1) is 0 Å². The molecule has 4 rings (SSSR count). The monoisotopic (exact) mass is 490 g/mol. The third-order valence-corrected chi connectivity index (χ3v) is 5.77. The number of urea groups is 1. The summed E-state index contributed by atoms with van der Waals surface area (Å²) in [5.41, 5.74) is 2.57. The summed E-state index contributed by atoms with van der Waals surface area (Å²) in [7, 11) is 1.50. The molecule has 0 bridgehead atoms. The van der Waals surface area contributed by atoms with Gasteiger partial charge in [-0.25, -0.2) is 9.69 Å². The molecule has 0 radical (unpaired) electrons. The molecule has 8 heteroatoms. The van der Waals surface area contributed by atoms with Crippen molar-refractivity contribution < 1.29 is 23.9 Å². The van der Waals surface area contributed by atoms with E-state index in [0.29, 0.717) is 40.8 Å². The van der Waals surface area contributed by atoms with E-state index in [9.17, 15) is 14.4 Å². The lowest BCUT2D eigenvalue weighted by atomic mass is 10.0. The topological polar surface area (TPSA) is 84.9 Å². The number of hydrogen-bond acceptors (Lipinski definition) is 5. The van der Waals surface area contributed by atoms with Crippen LogP contribution in [0.5, 0.6) is 11.5 Å². The highest BCUT2D eigenvalue weighted by Gasteiger charge is 2.37. The van der Waals surface area contributed by atoms with E-state index in [1.165, 1.54) is 13.2 Å². The number of nitrogens with one attached hydrogen (secondary N) is 1. The molecule has 0 saturated carbocycles. The SMILES string of the molecule is CCc1ccccc1N1C(=O)NC(=O)/C(=C/c2ccc(OCc3ccc(Cl)cc3)c(OC)c2)C1=O. The van der Waals surface area contributed by atoms with Crippen LogP contribution in [0.3, 0.4) is 0 Å². The van der Waals surface area contributed by atoms with E-state index in [0.717, 1.165) is 16.0 Å². The molecule has 0 unspecified atom stereocenters. The first-order valence-electron chi connectivity index (χ1n) is 11.0. The fourth-order valence-electron chi connectivity index (χ4n) is 3.71. The van der Waals surface area contributed by atoms with Crippen molar-refractivity contribution in [1.82, 2.24) is 5.32 Å². The average molecular weight is 491 g/mol. The molecule has 0 atom stereocenters. The number of rotatable bonds is 7. The van der Waals surface area contributed by atoms with E-state index in [-0.39, 0.29) is 5.57 Å². The summed E-state index contributed by atoms with van der Waals surface area (Å²) in [6, 6.07) is 18.7. The van der Waals surface area contributed by atoms with Crippen LogP contribution in [0.4, 0.5) is 10.5 Å². The number of imide groups is 2. The molecule has 1 aliphatic rings.